The maximum atomic E-state index is 13.1. The predicted molar refractivity (Wildman–Crippen MR) is 95.2 cm³/mol. The molecule has 0 amide bonds. The molecule has 1 heterocycles. The van der Waals surface area contributed by atoms with Crippen LogP contribution in [0, 0.1) is 18.7 Å². The van der Waals surface area contributed by atoms with Crippen LogP contribution in [0.1, 0.15) is 22.3 Å². The van der Waals surface area contributed by atoms with Crippen molar-refractivity contribution in [1.29, 1.82) is 0 Å². The van der Waals surface area contributed by atoms with Crippen LogP contribution in [0.25, 0.3) is 0 Å². The molecule has 1 atom stereocenters. The van der Waals surface area contributed by atoms with Gasteiger partial charge in [-0.05, 0) is 72.0 Å². The SMILES string of the molecule is C#C.Fc1ccc(Cc2ccc3c(c2)CCNCC3)c(P)c1. The number of hydrogen-bond donors (Lipinski definition) is 1. The Hall–Kier alpha value is -1.68. The lowest BCUT2D eigenvalue weighted by Crippen LogP contribution is -2.16. The zero-order valence-corrected chi connectivity index (χ0v) is 13.8. The Kier molecular flexibility index (Phi) is 6.13. The summed E-state index contributed by atoms with van der Waals surface area (Å²) in [5.41, 5.74) is 5.40. The smallest absolute Gasteiger partial charge is 0.123 e. The summed E-state index contributed by atoms with van der Waals surface area (Å²) < 4.78 is 13.1. The van der Waals surface area contributed by atoms with E-state index >= 15 is 0 Å². The van der Waals surface area contributed by atoms with Crippen molar-refractivity contribution >= 4 is 14.5 Å². The van der Waals surface area contributed by atoms with Gasteiger partial charge in [-0.2, -0.15) is 0 Å². The first-order valence-corrected chi connectivity index (χ1v) is 7.99. The summed E-state index contributed by atoms with van der Waals surface area (Å²) in [7, 11) is 2.63. The molecule has 1 nitrogen and oxygen atoms in total. The molecule has 0 radical (unpaired) electrons. The molecule has 1 N–H and O–H groups in total. The lowest BCUT2D eigenvalue weighted by Gasteiger charge is -2.10. The zero-order valence-electron chi connectivity index (χ0n) is 12.6. The maximum Gasteiger partial charge on any atom is 0.123 e. The molecule has 22 heavy (non-hydrogen) atoms. The molecule has 0 aliphatic carbocycles. The fourth-order valence-electron chi connectivity index (χ4n) is 2.78. The molecular weight excluding hydrogens is 292 g/mol. The Morgan fingerprint density at radius 3 is 2.45 bits per heavy atom. The van der Waals surface area contributed by atoms with Crippen molar-refractivity contribution in [3.05, 3.63) is 64.5 Å². The van der Waals surface area contributed by atoms with E-state index in [2.05, 4.69) is 45.6 Å². The summed E-state index contributed by atoms with van der Waals surface area (Å²) in [4.78, 5) is 0. The van der Waals surface area contributed by atoms with Crippen LogP contribution in [-0.4, -0.2) is 13.1 Å². The third kappa shape index (κ3) is 4.17. The molecule has 2 aromatic carbocycles. The van der Waals surface area contributed by atoms with Crippen LogP contribution in [0.4, 0.5) is 4.39 Å². The summed E-state index contributed by atoms with van der Waals surface area (Å²) in [6, 6.07) is 11.8. The molecule has 1 aliphatic heterocycles. The summed E-state index contributed by atoms with van der Waals surface area (Å²) in [5.74, 6) is -0.174. The number of nitrogens with one attached hydrogen (secondary N) is 1. The highest BCUT2D eigenvalue weighted by atomic mass is 31.0. The van der Waals surface area contributed by atoms with Gasteiger partial charge in [0.05, 0.1) is 0 Å². The van der Waals surface area contributed by atoms with Crippen LogP contribution < -0.4 is 10.6 Å². The topological polar surface area (TPSA) is 12.0 Å². The second-order valence-electron chi connectivity index (χ2n) is 5.37. The van der Waals surface area contributed by atoms with Crippen molar-refractivity contribution in [2.24, 2.45) is 0 Å². The van der Waals surface area contributed by atoms with E-state index in [0.29, 0.717) is 0 Å². The van der Waals surface area contributed by atoms with E-state index in [0.717, 1.165) is 37.7 Å². The average Bonchev–Trinajstić information content (AvgIpc) is 2.77. The number of fused-ring (bicyclic) bond motifs is 1. The van der Waals surface area contributed by atoms with Crippen LogP contribution in [-0.2, 0) is 19.3 Å². The van der Waals surface area contributed by atoms with Gasteiger partial charge in [0.1, 0.15) is 5.82 Å². The molecule has 0 saturated heterocycles. The molecule has 3 heteroatoms. The van der Waals surface area contributed by atoms with E-state index in [9.17, 15) is 4.39 Å². The second kappa shape index (κ2) is 8.08. The van der Waals surface area contributed by atoms with Gasteiger partial charge in [-0.1, -0.05) is 24.3 Å². The van der Waals surface area contributed by atoms with Gasteiger partial charge in [0.15, 0.2) is 0 Å². The molecule has 0 bridgehead atoms. The average molecular weight is 313 g/mol. The summed E-state index contributed by atoms with van der Waals surface area (Å²) in [6.45, 7) is 2.13. The molecule has 0 fully saturated rings. The van der Waals surface area contributed by atoms with E-state index in [1.807, 2.05) is 6.07 Å². The largest absolute Gasteiger partial charge is 0.316 e. The van der Waals surface area contributed by atoms with E-state index in [-0.39, 0.29) is 5.82 Å². The standard InChI is InChI=1S/C17H19FNP.C2H2/c18-16-4-3-15(17(20)11-16)10-12-1-2-13-5-7-19-8-6-14(13)9-12;1-2/h1-4,9,11,19H,5-8,10,20H2;1-2H. The molecule has 0 saturated carbocycles. The summed E-state index contributed by atoms with van der Waals surface area (Å²) in [5, 5.41) is 4.38. The van der Waals surface area contributed by atoms with Gasteiger partial charge < -0.3 is 5.32 Å². The Morgan fingerprint density at radius 1 is 1.00 bits per heavy atom. The van der Waals surface area contributed by atoms with Gasteiger partial charge in [0.2, 0.25) is 0 Å². The minimum Gasteiger partial charge on any atom is -0.316 e. The minimum absolute atomic E-state index is 0.174. The Labute approximate surface area is 134 Å². The summed E-state index contributed by atoms with van der Waals surface area (Å²) in [6.07, 6.45) is 11.1. The third-order valence-corrected chi connectivity index (χ3v) is 4.45. The fourth-order valence-corrected chi connectivity index (χ4v) is 3.14. The van der Waals surface area contributed by atoms with Crippen LogP contribution in [0.5, 0.6) is 0 Å². The van der Waals surface area contributed by atoms with Gasteiger partial charge in [-0.3, -0.25) is 0 Å². The zero-order chi connectivity index (χ0) is 15.9. The van der Waals surface area contributed by atoms with Gasteiger partial charge in [-0.15, -0.1) is 22.1 Å². The van der Waals surface area contributed by atoms with Gasteiger partial charge in [0.25, 0.3) is 0 Å². The van der Waals surface area contributed by atoms with Crippen LogP contribution in [0.2, 0.25) is 0 Å². The Bertz CT molecular complexity index is 664. The van der Waals surface area contributed by atoms with Gasteiger partial charge >= 0.3 is 0 Å². The number of terminal acetylenes is 1. The Morgan fingerprint density at radius 2 is 1.73 bits per heavy atom. The molecule has 2 aromatic rings. The molecule has 3 rings (SSSR count). The quantitative estimate of drug-likeness (QED) is 0.664. The highest BCUT2D eigenvalue weighted by Crippen LogP contribution is 2.18. The lowest BCUT2D eigenvalue weighted by molar-refractivity contribution is 0.628. The number of rotatable bonds is 2. The fraction of sp³-hybridized carbons (Fsp3) is 0.263. The van der Waals surface area contributed by atoms with Crippen molar-refractivity contribution in [2.75, 3.05) is 13.1 Å². The lowest BCUT2D eigenvalue weighted by atomic mass is 9.97. The van der Waals surface area contributed by atoms with Crippen LogP contribution >= 0.6 is 9.24 Å². The second-order valence-corrected chi connectivity index (χ2v) is 5.99. The van der Waals surface area contributed by atoms with Crippen molar-refractivity contribution in [3.63, 3.8) is 0 Å². The van der Waals surface area contributed by atoms with E-state index < -0.39 is 0 Å². The number of hydrogen-bond acceptors (Lipinski definition) is 1. The summed E-state index contributed by atoms with van der Waals surface area (Å²) >= 11 is 0. The molecule has 0 aromatic heterocycles. The molecule has 114 valence electrons. The first-order chi connectivity index (χ1) is 10.7. The normalized spacial score (nSPS) is 13.5. The monoisotopic (exact) mass is 313 g/mol. The predicted octanol–water partition coefficient (Wildman–Crippen LogP) is 2.85. The molecular formula is C19H21FNP. The van der Waals surface area contributed by atoms with E-state index in [4.69, 9.17) is 0 Å². The van der Waals surface area contributed by atoms with Crippen molar-refractivity contribution in [3.8, 4) is 12.8 Å². The third-order valence-electron chi connectivity index (χ3n) is 3.92. The molecule has 1 unspecified atom stereocenters. The number of halogens is 1. The van der Waals surface area contributed by atoms with Crippen molar-refractivity contribution in [2.45, 2.75) is 19.3 Å². The van der Waals surface area contributed by atoms with Crippen molar-refractivity contribution < 1.29 is 4.39 Å². The van der Waals surface area contributed by atoms with Gasteiger partial charge in [0, 0.05) is 0 Å². The highest BCUT2D eigenvalue weighted by molar-refractivity contribution is 7.27. The number of benzene rings is 2. The van der Waals surface area contributed by atoms with E-state index in [1.165, 1.54) is 28.3 Å². The highest BCUT2D eigenvalue weighted by Gasteiger charge is 2.09. The molecule has 1 aliphatic rings. The van der Waals surface area contributed by atoms with Crippen LogP contribution in [0.15, 0.2) is 36.4 Å². The first-order valence-electron chi connectivity index (χ1n) is 7.41. The van der Waals surface area contributed by atoms with Gasteiger partial charge in [-0.25, -0.2) is 4.39 Å². The first kappa shape index (κ1) is 16.7. The van der Waals surface area contributed by atoms with Crippen LogP contribution in [0.3, 0.4) is 0 Å². The molecule has 0 spiro atoms. The minimum atomic E-state index is -0.174. The van der Waals surface area contributed by atoms with Crippen molar-refractivity contribution in [1.82, 2.24) is 5.32 Å². The maximum absolute atomic E-state index is 13.1. The Balaban J connectivity index is 0.000000847. The van der Waals surface area contributed by atoms with E-state index in [1.54, 1.807) is 6.07 Å².